The second-order valence-corrected chi connectivity index (χ2v) is 3.48. The van der Waals surface area contributed by atoms with Crippen LogP contribution in [0.15, 0.2) is 0 Å². The van der Waals surface area contributed by atoms with E-state index >= 15 is 0 Å². The molecule has 1 fully saturated rings. The third kappa shape index (κ3) is 2.81. The molecule has 2 unspecified atom stereocenters. The van der Waals surface area contributed by atoms with Crippen molar-refractivity contribution in [3.8, 4) is 0 Å². The molecule has 2 atom stereocenters. The van der Waals surface area contributed by atoms with Gasteiger partial charge in [-0.1, -0.05) is 6.42 Å². The smallest absolute Gasteiger partial charge is 0.307 e. The van der Waals surface area contributed by atoms with E-state index in [1.165, 1.54) is 20.0 Å². The molecule has 3 nitrogen and oxygen atoms in total. The zero-order chi connectivity index (χ0) is 8.97. The van der Waals surface area contributed by atoms with Crippen LogP contribution in [0.1, 0.15) is 32.6 Å². The second kappa shape index (κ2) is 4.45. The summed E-state index contributed by atoms with van der Waals surface area (Å²) in [4.78, 5) is 10.9. The summed E-state index contributed by atoms with van der Waals surface area (Å²) in [6.07, 6.45) is 4.05. The lowest BCUT2D eigenvalue weighted by molar-refractivity contribution is -0.141. The van der Waals surface area contributed by atoms with Crippen LogP contribution in [0.25, 0.3) is 0 Å². The molecule has 0 amide bonds. The van der Waals surface area contributed by atoms with Gasteiger partial charge in [0.05, 0.1) is 13.5 Å². The van der Waals surface area contributed by atoms with Gasteiger partial charge in [0.1, 0.15) is 0 Å². The van der Waals surface area contributed by atoms with E-state index in [4.69, 9.17) is 0 Å². The summed E-state index contributed by atoms with van der Waals surface area (Å²) < 4.78 is 4.61. The minimum Gasteiger partial charge on any atom is -0.469 e. The molecule has 1 N–H and O–H groups in total. The summed E-state index contributed by atoms with van der Waals surface area (Å²) in [7, 11) is 1.44. The Kier molecular flexibility index (Phi) is 3.53. The van der Waals surface area contributed by atoms with E-state index in [0.29, 0.717) is 18.5 Å². The van der Waals surface area contributed by atoms with E-state index in [1.807, 2.05) is 0 Å². The minimum absolute atomic E-state index is 0.110. The van der Waals surface area contributed by atoms with E-state index in [1.54, 1.807) is 0 Å². The lowest BCUT2D eigenvalue weighted by Crippen LogP contribution is -2.41. The van der Waals surface area contributed by atoms with Crippen LogP contribution < -0.4 is 5.32 Å². The van der Waals surface area contributed by atoms with Gasteiger partial charge in [0.25, 0.3) is 0 Å². The third-order valence-corrected chi connectivity index (χ3v) is 2.35. The lowest BCUT2D eigenvalue weighted by Gasteiger charge is -2.27. The first-order chi connectivity index (χ1) is 5.72. The maximum Gasteiger partial charge on any atom is 0.307 e. The van der Waals surface area contributed by atoms with Crippen molar-refractivity contribution in [1.29, 1.82) is 0 Å². The summed E-state index contributed by atoms with van der Waals surface area (Å²) in [6.45, 7) is 2.16. The number of hydrogen-bond acceptors (Lipinski definition) is 3. The molecule has 0 aromatic rings. The molecule has 70 valence electrons. The summed E-state index contributed by atoms with van der Waals surface area (Å²) in [5.74, 6) is -0.110. The van der Waals surface area contributed by atoms with E-state index in [2.05, 4.69) is 17.0 Å². The molecule has 1 heterocycles. The van der Waals surface area contributed by atoms with E-state index in [9.17, 15) is 4.79 Å². The molecule has 1 aliphatic rings. The summed E-state index contributed by atoms with van der Waals surface area (Å²) in [5, 5.41) is 3.38. The molecule has 0 saturated carbocycles. The van der Waals surface area contributed by atoms with Gasteiger partial charge in [-0.3, -0.25) is 4.79 Å². The largest absolute Gasteiger partial charge is 0.469 e. The summed E-state index contributed by atoms with van der Waals surface area (Å²) in [5.41, 5.74) is 0. The number of esters is 1. The van der Waals surface area contributed by atoms with Gasteiger partial charge in [-0.2, -0.15) is 0 Å². The van der Waals surface area contributed by atoms with Crippen molar-refractivity contribution >= 4 is 5.97 Å². The number of hydrogen-bond donors (Lipinski definition) is 1. The normalized spacial score (nSPS) is 29.8. The molecule has 1 rings (SSSR count). The Morgan fingerprint density at radius 2 is 2.33 bits per heavy atom. The molecule has 0 bridgehead atoms. The maximum absolute atomic E-state index is 10.9. The fourth-order valence-electron chi connectivity index (χ4n) is 1.68. The van der Waals surface area contributed by atoms with Crippen molar-refractivity contribution in [1.82, 2.24) is 5.32 Å². The monoisotopic (exact) mass is 171 g/mol. The number of piperidine rings is 1. The van der Waals surface area contributed by atoms with Crippen molar-refractivity contribution in [3.63, 3.8) is 0 Å². The van der Waals surface area contributed by atoms with Crippen molar-refractivity contribution in [2.24, 2.45) is 0 Å². The minimum atomic E-state index is -0.110. The fourth-order valence-corrected chi connectivity index (χ4v) is 1.68. The van der Waals surface area contributed by atoms with Crippen molar-refractivity contribution in [3.05, 3.63) is 0 Å². The first-order valence-corrected chi connectivity index (χ1v) is 4.55. The quantitative estimate of drug-likeness (QED) is 0.632. The third-order valence-electron chi connectivity index (χ3n) is 2.35. The standard InChI is InChI=1S/C9H17NO2/c1-7-4-3-5-8(10-7)6-9(11)12-2/h7-8,10H,3-6H2,1-2H3. The van der Waals surface area contributed by atoms with Gasteiger partial charge in [-0.15, -0.1) is 0 Å². The Bertz CT molecular complexity index is 159. The first-order valence-electron chi connectivity index (χ1n) is 4.55. The molecule has 12 heavy (non-hydrogen) atoms. The number of ether oxygens (including phenoxy) is 1. The van der Waals surface area contributed by atoms with Crippen molar-refractivity contribution in [2.75, 3.05) is 7.11 Å². The molecule has 1 aliphatic heterocycles. The van der Waals surface area contributed by atoms with Gasteiger partial charge in [-0.25, -0.2) is 0 Å². The Morgan fingerprint density at radius 3 is 2.92 bits per heavy atom. The van der Waals surface area contributed by atoms with Gasteiger partial charge >= 0.3 is 5.97 Å². The predicted octanol–water partition coefficient (Wildman–Crippen LogP) is 1.08. The van der Waals surface area contributed by atoms with Crippen LogP contribution in [-0.2, 0) is 9.53 Å². The van der Waals surface area contributed by atoms with Crippen LogP contribution in [0.4, 0.5) is 0 Å². The van der Waals surface area contributed by atoms with Crippen molar-refractivity contribution < 1.29 is 9.53 Å². The van der Waals surface area contributed by atoms with Gasteiger partial charge in [0, 0.05) is 12.1 Å². The van der Waals surface area contributed by atoms with E-state index in [0.717, 1.165) is 6.42 Å². The molecule has 3 heteroatoms. The zero-order valence-electron chi connectivity index (χ0n) is 7.80. The highest BCUT2D eigenvalue weighted by atomic mass is 16.5. The number of rotatable bonds is 2. The number of carbonyl (C=O) groups is 1. The van der Waals surface area contributed by atoms with Crippen LogP contribution in [0.3, 0.4) is 0 Å². The van der Waals surface area contributed by atoms with Crippen LogP contribution >= 0.6 is 0 Å². The average molecular weight is 171 g/mol. The lowest BCUT2D eigenvalue weighted by atomic mass is 9.97. The topological polar surface area (TPSA) is 38.3 Å². The maximum atomic E-state index is 10.9. The molecule has 0 aliphatic carbocycles. The summed E-state index contributed by atoms with van der Waals surface area (Å²) >= 11 is 0. The van der Waals surface area contributed by atoms with Crippen LogP contribution in [0.2, 0.25) is 0 Å². The Balaban J connectivity index is 2.27. The van der Waals surface area contributed by atoms with Crippen LogP contribution in [0, 0.1) is 0 Å². The Labute approximate surface area is 73.5 Å². The second-order valence-electron chi connectivity index (χ2n) is 3.48. The molecule has 0 radical (unpaired) electrons. The molecule has 0 aromatic carbocycles. The zero-order valence-corrected chi connectivity index (χ0v) is 7.80. The van der Waals surface area contributed by atoms with Gasteiger partial charge in [-0.05, 0) is 19.8 Å². The molecule has 1 saturated heterocycles. The van der Waals surface area contributed by atoms with Crippen LogP contribution in [-0.4, -0.2) is 25.2 Å². The van der Waals surface area contributed by atoms with Gasteiger partial charge in [0.2, 0.25) is 0 Å². The predicted molar refractivity (Wildman–Crippen MR) is 46.9 cm³/mol. The van der Waals surface area contributed by atoms with E-state index in [-0.39, 0.29) is 5.97 Å². The average Bonchev–Trinajstić information content (AvgIpc) is 2.04. The molecular weight excluding hydrogens is 154 g/mol. The highest BCUT2D eigenvalue weighted by Crippen LogP contribution is 2.14. The number of carbonyl (C=O) groups excluding carboxylic acids is 1. The number of methoxy groups -OCH3 is 1. The molecular formula is C9H17NO2. The highest BCUT2D eigenvalue weighted by Gasteiger charge is 2.20. The van der Waals surface area contributed by atoms with Crippen molar-refractivity contribution in [2.45, 2.75) is 44.7 Å². The Hall–Kier alpha value is -0.570. The fraction of sp³-hybridized carbons (Fsp3) is 0.889. The van der Waals surface area contributed by atoms with Gasteiger partial charge < -0.3 is 10.1 Å². The van der Waals surface area contributed by atoms with Gasteiger partial charge in [0.15, 0.2) is 0 Å². The summed E-state index contributed by atoms with van der Waals surface area (Å²) in [6, 6.07) is 0.884. The highest BCUT2D eigenvalue weighted by molar-refractivity contribution is 5.69. The Morgan fingerprint density at radius 1 is 1.58 bits per heavy atom. The molecule has 0 spiro atoms. The number of nitrogens with one attached hydrogen (secondary N) is 1. The van der Waals surface area contributed by atoms with Crippen LogP contribution in [0.5, 0.6) is 0 Å². The SMILES string of the molecule is COC(=O)CC1CCCC(C)N1. The first kappa shape index (κ1) is 9.52. The van der Waals surface area contributed by atoms with E-state index < -0.39 is 0 Å². The molecule has 0 aromatic heterocycles.